The van der Waals surface area contributed by atoms with Crippen LogP contribution in [-0.2, 0) is 19.4 Å². The molecule has 0 spiro atoms. The van der Waals surface area contributed by atoms with Crippen LogP contribution in [-0.4, -0.2) is 42.5 Å². The standard InChI is InChI=1S/C11H9ClO4S2.C2HF3O2/c12-8-1-2-9-7(5-8)6-11(17-9)18(15,16)4-3-10(13)14;3-2(4,5)1(6)7/h1-2,5-6H,3-4H2,(H,13,14);(H,6,7). The number of aliphatic carboxylic acids is 2. The van der Waals surface area contributed by atoms with Crippen LogP contribution in [0, 0.1) is 0 Å². The van der Waals surface area contributed by atoms with Crippen LogP contribution in [0.2, 0.25) is 5.02 Å². The number of carbonyl (C=O) groups is 2. The third-order valence-electron chi connectivity index (χ3n) is 2.59. The highest BCUT2D eigenvalue weighted by Crippen LogP contribution is 2.31. The molecule has 6 nitrogen and oxygen atoms in total. The zero-order valence-electron chi connectivity index (χ0n) is 12.1. The quantitative estimate of drug-likeness (QED) is 0.787. The van der Waals surface area contributed by atoms with Crippen molar-refractivity contribution in [3.05, 3.63) is 29.3 Å². The number of fused-ring (bicyclic) bond motifs is 1. The van der Waals surface area contributed by atoms with Gasteiger partial charge in [-0.25, -0.2) is 13.2 Å². The van der Waals surface area contributed by atoms with Gasteiger partial charge in [0.1, 0.15) is 4.21 Å². The Morgan fingerprint density at radius 1 is 1.16 bits per heavy atom. The number of alkyl halides is 3. The van der Waals surface area contributed by atoms with Crippen molar-refractivity contribution in [3.63, 3.8) is 0 Å². The maximum absolute atomic E-state index is 11.9. The molecule has 138 valence electrons. The van der Waals surface area contributed by atoms with E-state index in [-0.39, 0.29) is 9.96 Å². The normalized spacial score (nSPS) is 11.7. The molecular weight excluding hydrogens is 409 g/mol. The Morgan fingerprint density at radius 3 is 2.20 bits per heavy atom. The first kappa shape index (κ1) is 21.2. The van der Waals surface area contributed by atoms with Crippen LogP contribution in [0.4, 0.5) is 13.2 Å². The number of hydrogen-bond donors (Lipinski definition) is 2. The molecule has 25 heavy (non-hydrogen) atoms. The van der Waals surface area contributed by atoms with Crippen LogP contribution in [0.25, 0.3) is 10.1 Å². The van der Waals surface area contributed by atoms with Gasteiger partial charge in [0.05, 0.1) is 12.2 Å². The van der Waals surface area contributed by atoms with Crippen molar-refractivity contribution < 1.29 is 41.4 Å². The third kappa shape index (κ3) is 6.52. The van der Waals surface area contributed by atoms with E-state index in [0.717, 1.165) is 21.4 Å². The largest absolute Gasteiger partial charge is 0.490 e. The van der Waals surface area contributed by atoms with E-state index >= 15 is 0 Å². The van der Waals surface area contributed by atoms with E-state index in [1.807, 2.05) is 0 Å². The molecule has 1 aromatic carbocycles. The van der Waals surface area contributed by atoms with Crippen molar-refractivity contribution in [2.45, 2.75) is 16.8 Å². The molecule has 2 rings (SSSR count). The van der Waals surface area contributed by atoms with E-state index in [1.54, 1.807) is 18.2 Å². The second kappa shape index (κ2) is 8.02. The molecule has 1 heterocycles. The van der Waals surface area contributed by atoms with Gasteiger partial charge in [-0.05, 0) is 29.7 Å². The van der Waals surface area contributed by atoms with Gasteiger partial charge in [-0.2, -0.15) is 13.2 Å². The number of hydrogen-bond acceptors (Lipinski definition) is 5. The van der Waals surface area contributed by atoms with Gasteiger partial charge in [0.25, 0.3) is 0 Å². The summed E-state index contributed by atoms with van der Waals surface area (Å²) in [5.41, 5.74) is 0. The fourth-order valence-electron chi connectivity index (χ4n) is 1.47. The molecule has 0 amide bonds. The van der Waals surface area contributed by atoms with Crippen LogP contribution < -0.4 is 0 Å². The van der Waals surface area contributed by atoms with Gasteiger partial charge in [-0.15, -0.1) is 11.3 Å². The number of halogens is 4. The van der Waals surface area contributed by atoms with Crippen molar-refractivity contribution in [1.82, 2.24) is 0 Å². The lowest BCUT2D eigenvalue weighted by Gasteiger charge is -1.97. The minimum atomic E-state index is -5.08. The van der Waals surface area contributed by atoms with Crippen LogP contribution in [0.5, 0.6) is 0 Å². The molecule has 0 saturated heterocycles. The van der Waals surface area contributed by atoms with Crippen LogP contribution in [0.1, 0.15) is 6.42 Å². The molecule has 2 aromatic rings. The van der Waals surface area contributed by atoms with Crippen LogP contribution >= 0.6 is 22.9 Å². The predicted molar refractivity (Wildman–Crippen MR) is 84.8 cm³/mol. The number of rotatable bonds is 4. The Morgan fingerprint density at radius 2 is 1.72 bits per heavy atom. The number of carboxylic acid groups (broad SMARTS) is 2. The molecular formula is C13H10ClF3O6S2. The highest BCUT2D eigenvalue weighted by molar-refractivity contribution is 7.93. The zero-order valence-corrected chi connectivity index (χ0v) is 14.5. The summed E-state index contributed by atoms with van der Waals surface area (Å²) in [5, 5.41) is 16.9. The first-order valence-corrected chi connectivity index (χ1v) is 9.11. The second-order valence-electron chi connectivity index (χ2n) is 4.51. The average molecular weight is 419 g/mol. The fourth-order valence-corrected chi connectivity index (χ4v) is 4.40. The molecule has 0 atom stereocenters. The van der Waals surface area contributed by atoms with Gasteiger partial charge in [0.2, 0.25) is 0 Å². The molecule has 0 unspecified atom stereocenters. The Bertz CT molecular complexity index is 889. The summed E-state index contributed by atoms with van der Waals surface area (Å²) in [5.74, 6) is -4.27. The Balaban J connectivity index is 0.000000381. The minimum absolute atomic E-state index is 0.181. The smallest absolute Gasteiger partial charge is 0.481 e. The van der Waals surface area contributed by atoms with Crippen molar-refractivity contribution in [2.24, 2.45) is 0 Å². The van der Waals surface area contributed by atoms with Gasteiger partial charge < -0.3 is 10.2 Å². The number of benzene rings is 1. The fraction of sp³-hybridized carbons (Fsp3) is 0.231. The summed E-state index contributed by atoms with van der Waals surface area (Å²) in [6.07, 6.45) is -5.47. The average Bonchev–Trinajstić information content (AvgIpc) is 2.88. The summed E-state index contributed by atoms with van der Waals surface area (Å²) in [4.78, 5) is 19.3. The summed E-state index contributed by atoms with van der Waals surface area (Å²) < 4.78 is 56.5. The van der Waals surface area contributed by atoms with Gasteiger partial charge in [-0.3, -0.25) is 4.79 Å². The van der Waals surface area contributed by atoms with Gasteiger partial charge in [-0.1, -0.05) is 11.6 Å². The summed E-state index contributed by atoms with van der Waals surface area (Å²) in [6.45, 7) is 0. The number of sulfone groups is 1. The van der Waals surface area contributed by atoms with Crippen molar-refractivity contribution in [1.29, 1.82) is 0 Å². The Labute approximate surface area is 148 Å². The summed E-state index contributed by atoms with van der Waals surface area (Å²) in [7, 11) is -3.54. The molecule has 0 aliphatic rings. The van der Waals surface area contributed by atoms with Crippen LogP contribution in [0.3, 0.4) is 0 Å². The van der Waals surface area contributed by atoms with E-state index < -0.39 is 34.4 Å². The van der Waals surface area contributed by atoms with Crippen molar-refractivity contribution in [2.75, 3.05) is 5.75 Å². The molecule has 0 bridgehead atoms. The van der Waals surface area contributed by atoms with E-state index in [1.165, 1.54) is 6.07 Å². The number of carboxylic acids is 2. The van der Waals surface area contributed by atoms with Gasteiger partial charge in [0, 0.05) is 9.72 Å². The monoisotopic (exact) mass is 418 g/mol. The molecule has 0 saturated carbocycles. The molecule has 0 radical (unpaired) electrons. The van der Waals surface area contributed by atoms with E-state index in [0.29, 0.717) is 5.02 Å². The molecule has 0 aliphatic heterocycles. The highest BCUT2D eigenvalue weighted by atomic mass is 35.5. The van der Waals surface area contributed by atoms with E-state index in [9.17, 15) is 26.4 Å². The molecule has 2 N–H and O–H groups in total. The predicted octanol–water partition coefficient (Wildman–Crippen LogP) is 3.44. The van der Waals surface area contributed by atoms with E-state index in [4.69, 9.17) is 26.6 Å². The maximum Gasteiger partial charge on any atom is 0.490 e. The summed E-state index contributed by atoms with van der Waals surface area (Å²) in [6, 6.07) is 6.65. The molecule has 0 aliphatic carbocycles. The van der Waals surface area contributed by atoms with Crippen molar-refractivity contribution >= 4 is 54.8 Å². The van der Waals surface area contributed by atoms with Gasteiger partial charge >= 0.3 is 18.1 Å². The lowest BCUT2D eigenvalue weighted by Crippen LogP contribution is -2.21. The minimum Gasteiger partial charge on any atom is -0.481 e. The van der Waals surface area contributed by atoms with Crippen LogP contribution in [0.15, 0.2) is 28.5 Å². The van der Waals surface area contributed by atoms with E-state index in [2.05, 4.69) is 0 Å². The molecule has 12 heteroatoms. The Hall–Kier alpha value is -1.85. The first-order valence-electron chi connectivity index (χ1n) is 6.26. The lowest BCUT2D eigenvalue weighted by molar-refractivity contribution is -0.192. The second-order valence-corrected chi connectivity index (χ2v) is 8.37. The third-order valence-corrected chi connectivity index (χ3v) is 6.22. The molecule has 1 aromatic heterocycles. The highest BCUT2D eigenvalue weighted by Gasteiger charge is 2.38. The first-order chi connectivity index (χ1) is 11.3. The topological polar surface area (TPSA) is 109 Å². The SMILES string of the molecule is O=C(O)C(F)(F)F.O=C(O)CCS(=O)(=O)c1cc2cc(Cl)ccc2s1. The summed E-state index contributed by atoms with van der Waals surface area (Å²) >= 11 is 6.95. The zero-order chi connectivity index (χ0) is 19.4. The lowest BCUT2D eigenvalue weighted by atomic mass is 10.3. The Kier molecular flexibility index (Phi) is 6.80. The molecule has 0 fully saturated rings. The van der Waals surface area contributed by atoms with Crippen molar-refractivity contribution in [3.8, 4) is 0 Å². The maximum atomic E-state index is 11.9. The number of thiophene rings is 1. The van der Waals surface area contributed by atoms with Gasteiger partial charge in [0.15, 0.2) is 9.84 Å².